The van der Waals surface area contributed by atoms with Gasteiger partial charge < -0.3 is 18.6 Å². The smallest absolute Gasteiger partial charge is 0.352 e. The molecule has 0 saturated heterocycles. The minimum atomic E-state index is -0.940. The molecule has 162 valence electrons. The number of esters is 1. The first-order chi connectivity index (χ1) is 15.6. The standard InChI is InChI=1S/C26H22O6/c1-3-30-26(28)25(18-7-5-4-6-8-18)31-20-13-14-21-22(16-24(27)32-23(21)15-20)17-9-11-19(29-2)12-10-17/h4-16,25H,3H2,1-2H3/t25-/m1/s1. The Morgan fingerprint density at radius 2 is 1.66 bits per heavy atom. The molecule has 0 aliphatic heterocycles. The first kappa shape index (κ1) is 21.2. The van der Waals surface area contributed by atoms with E-state index in [9.17, 15) is 9.59 Å². The van der Waals surface area contributed by atoms with E-state index < -0.39 is 17.7 Å². The fraction of sp³-hybridized carbons (Fsp3) is 0.154. The summed E-state index contributed by atoms with van der Waals surface area (Å²) in [6.45, 7) is 1.98. The first-order valence-corrected chi connectivity index (χ1v) is 10.2. The number of benzene rings is 3. The number of carbonyl (C=O) groups excluding carboxylic acids is 1. The Bertz CT molecular complexity index is 1280. The zero-order valence-electron chi connectivity index (χ0n) is 17.7. The molecule has 0 spiro atoms. The normalized spacial score (nSPS) is 11.7. The number of ether oxygens (including phenoxy) is 3. The Morgan fingerprint density at radius 1 is 0.938 bits per heavy atom. The van der Waals surface area contributed by atoms with Gasteiger partial charge in [0.05, 0.1) is 13.7 Å². The molecule has 0 amide bonds. The lowest BCUT2D eigenvalue weighted by Gasteiger charge is -2.18. The predicted octanol–water partition coefficient (Wildman–Crippen LogP) is 5.15. The van der Waals surface area contributed by atoms with Crippen LogP contribution in [0.4, 0.5) is 0 Å². The lowest BCUT2D eigenvalue weighted by molar-refractivity contribution is -0.151. The van der Waals surface area contributed by atoms with E-state index in [1.54, 1.807) is 44.4 Å². The molecule has 0 unspecified atom stereocenters. The van der Waals surface area contributed by atoms with Crippen LogP contribution in [0.1, 0.15) is 18.6 Å². The third-order valence-electron chi connectivity index (χ3n) is 4.97. The lowest BCUT2D eigenvalue weighted by Crippen LogP contribution is -2.21. The van der Waals surface area contributed by atoms with Crippen LogP contribution >= 0.6 is 0 Å². The van der Waals surface area contributed by atoms with Crippen LogP contribution in [-0.4, -0.2) is 19.7 Å². The molecule has 0 radical (unpaired) electrons. The van der Waals surface area contributed by atoms with Crippen LogP contribution in [0.15, 0.2) is 88.1 Å². The van der Waals surface area contributed by atoms with Crippen molar-refractivity contribution >= 4 is 16.9 Å². The van der Waals surface area contributed by atoms with Gasteiger partial charge in [-0.1, -0.05) is 42.5 Å². The maximum atomic E-state index is 12.5. The van der Waals surface area contributed by atoms with E-state index in [-0.39, 0.29) is 6.61 Å². The number of rotatable bonds is 7. The van der Waals surface area contributed by atoms with Gasteiger partial charge >= 0.3 is 11.6 Å². The van der Waals surface area contributed by atoms with Crippen molar-refractivity contribution in [1.29, 1.82) is 0 Å². The van der Waals surface area contributed by atoms with Crippen molar-refractivity contribution in [1.82, 2.24) is 0 Å². The molecule has 6 nitrogen and oxygen atoms in total. The van der Waals surface area contributed by atoms with Crippen molar-refractivity contribution in [3.8, 4) is 22.6 Å². The summed E-state index contributed by atoms with van der Waals surface area (Å²) in [7, 11) is 1.60. The molecule has 3 aromatic carbocycles. The molecule has 0 fully saturated rings. The summed E-state index contributed by atoms with van der Waals surface area (Å²) in [5, 5.41) is 0.745. The molecule has 6 heteroatoms. The second-order valence-electron chi connectivity index (χ2n) is 7.03. The van der Waals surface area contributed by atoms with Gasteiger partial charge in [-0.25, -0.2) is 9.59 Å². The summed E-state index contributed by atoms with van der Waals surface area (Å²) in [5.41, 5.74) is 2.13. The first-order valence-electron chi connectivity index (χ1n) is 10.2. The Kier molecular flexibility index (Phi) is 6.22. The van der Waals surface area contributed by atoms with E-state index in [4.69, 9.17) is 18.6 Å². The average molecular weight is 430 g/mol. The van der Waals surface area contributed by atoms with Crippen molar-refractivity contribution in [3.05, 3.63) is 94.8 Å². The summed E-state index contributed by atoms with van der Waals surface area (Å²) in [5.74, 6) is 0.615. The topological polar surface area (TPSA) is 75.0 Å². The maximum absolute atomic E-state index is 12.5. The summed E-state index contributed by atoms with van der Waals surface area (Å²) < 4.78 is 21.8. The second kappa shape index (κ2) is 9.39. The number of carbonyl (C=O) groups is 1. The van der Waals surface area contributed by atoms with Crippen LogP contribution in [0, 0.1) is 0 Å². The van der Waals surface area contributed by atoms with Gasteiger partial charge in [-0.05, 0) is 42.3 Å². The fourth-order valence-electron chi connectivity index (χ4n) is 3.46. The highest BCUT2D eigenvalue weighted by Gasteiger charge is 2.24. The zero-order chi connectivity index (χ0) is 22.5. The van der Waals surface area contributed by atoms with E-state index in [2.05, 4.69) is 0 Å². The molecule has 0 aliphatic rings. The van der Waals surface area contributed by atoms with Gasteiger partial charge in [0.2, 0.25) is 6.10 Å². The van der Waals surface area contributed by atoms with Crippen LogP contribution in [-0.2, 0) is 9.53 Å². The number of fused-ring (bicyclic) bond motifs is 1. The van der Waals surface area contributed by atoms with Gasteiger partial charge in [0.25, 0.3) is 0 Å². The van der Waals surface area contributed by atoms with Crippen molar-refractivity contribution in [2.45, 2.75) is 13.0 Å². The average Bonchev–Trinajstić information content (AvgIpc) is 2.82. The largest absolute Gasteiger partial charge is 0.497 e. The van der Waals surface area contributed by atoms with Gasteiger partial charge in [0.15, 0.2) is 0 Å². The molecule has 4 rings (SSSR count). The van der Waals surface area contributed by atoms with E-state index in [0.29, 0.717) is 16.9 Å². The highest BCUT2D eigenvalue weighted by molar-refractivity contribution is 5.93. The van der Waals surface area contributed by atoms with Gasteiger partial charge in [-0.2, -0.15) is 0 Å². The van der Waals surface area contributed by atoms with Crippen molar-refractivity contribution < 1.29 is 23.4 Å². The molecule has 1 heterocycles. The van der Waals surface area contributed by atoms with Crippen LogP contribution < -0.4 is 15.1 Å². The lowest BCUT2D eigenvalue weighted by atomic mass is 10.0. The third kappa shape index (κ3) is 4.49. The van der Waals surface area contributed by atoms with E-state index in [1.165, 1.54) is 6.07 Å². The second-order valence-corrected chi connectivity index (χ2v) is 7.03. The zero-order valence-corrected chi connectivity index (χ0v) is 17.7. The number of methoxy groups -OCH3 is 1. The quantitative estimate of drug-likeness (QED) is 0.298. The van der Waals surface area contributed by atoms with Gasteiger partial charge in [0, 0.05) is 23.1 Å². The molecule has 4 aromatic rings. The Balaban J connectivity index is 1.72. The molecule has 0 saturated carbocycles. The summed E-state index contributed by atoms with van der Waals surface area (Å²) in [6, 6.07) is 23.1. The van der Waals surface area contributed by atoms with Crippen LogP contribution in [0.2, 0.25) is 0 Å². The van der Waals surface area contributed by atoms with Gasteiger partial charge in [0.1, 0.15) is 17.1 Å². The minimum Gasteiger partial charge on any atom is -0.497 e. The van der Waals surface area contributed by atoms with E-state index >= 15 is 0 Å². The van der Waals surface area contributed by atoms with Crippen LogP contribution in [0.5, 0.6) is 11.5 Å². The predicted molar refractivity (Wildman–Crippen MR) is 121 cm³/mol. The summed E-state index contributed by atoms with van der Waals surface area (Å²) in [4.78, 5) is 24.8. The van der Waals surface area contributed by atoms with Crippen molar-refractivity contribution in [2.24, 2.45) is 0 Å². The van der Waals surface area contributed by atoms with Crippen molar-refractivity contribution in [2.75, 3.05) is 13.7 Å². The molecule has 0 bridgehead atoms. The minimum absolute atomic E-state index is 0.239. The fourth-order valence-corrected chi connectivity index (χ4v) is 3.46. The summed E-state index contributed by atoms with van der Waals surface area (Å²) >= 11 is 0. The third-order valence-corrected chi connectivity index (χ3v) is 4.97. The molecular weight excluding hydrogens is 408 g/mol. The summed E-state index contributed by atoms with van der Waals surface area (Å²) in [6.07, 6.45) is -0.940. The number of hydrogen-bond acceptors (Lipinski definition) is 6. The van der Waals surface area contributed by atoms with Crippen LogP contribution in [0.3, 0.4) is 0 Å². The van der Waals surface area contributed by atoms with Gasteiger partial charge in [-0.15, -0.1) is 0 Å². The Labute approximate surface area is 185 Å². The Hall–Kier alpha value is -4.06. The monoisotopic (exact) mass is 430 g/mol. The van der Waals surface area contributed by atoms with Crippen LogP contribution in [0.25, 0.3) is 22.1 Å². The highest BCUT2D eigenvalue weighted by Crippen LogP contribution is 2.32. The van der Waals surface area contributed by atoms with Gasteiger partial charge in [-0.3, -0.25) is 0 Å². The SMILES string of the molecule is CCOC(=O)[C@H](Oc1ccc2c(-c3ccc(OC)cc3)cc(=O)oc2c1)c1ccccc1. The maximum Gasteiger partial charge on any atom is 0.352 e. The highest BCUT2D eigenvalue weighted by atomic mass is 16.6. The van der Waals surface area contributed by atoms with Crippen molar-refractivity contribution in [3.63, 3.8) is 0 Å². The Morgan fingerprint density at radius 3 is 2.34 bits per heavy atom. The molecule has 0 aliphatic carbocycles. The molecular formula is C26H22O6. The van der Waals surface area contributed by atoms with E-state index in [0.717, 1.165) is 22.3 Å². The molecule has 1 aromatic heterocycles. The number of hydrogen-bond donors (Lipinski definition) is 0. The molecule has 1 atom stereocenters. The molecule has 0 N–H and O–H groups in total. The molecule has 32 heavy (non-hydrogen) atoms. The van der Waals surface area contributed by atoms with E-state index in [1.807, 2.05) is 42.5 Å².